The quantitative estimate of drug-likeness (QED) is 0.572. The molecule has 0 fully saturated rings. The SMILES string of the molecule is O=C(c1ccc(OC(F)(F)F)cc1)N1CCc2sccc2C1c1cccs1. The van der Waals surface area contributed by atoms with Crippen molar-refractivity contribution in [1.29, 1.82) is 0 Å². The van der Waals surface area contributed by atoms with Crippen molar-refractivity contribution in [1.82, 2.24) is 4.90 Å². The summed E-state index contributed by atoms with van der Waals surface area (Å²) in [6, 6.07) is 10.9. The highest BCUT2D eigenvalue weighted by molar-refractivity contribution is 7.10. The molecule has 1 aromatic carbocycles. The number of thiophene rings is 2. The van der Waals surface area contributed by atoms with Crippen LogP contribution in [0.5, 0.6) is 5.75 Å². The van der Waals surface area contributed by atoms with Gasteiger partial charge in [0, 0.05) is 21.9 Å². The lowest BCUT2D eigenvalue weighted by atomic mass is 9.97. The molecule has 1 amide bonds. The second-order valence-corrected chi connectivity index (χ2v) is 8.02. The summed E-state index contributed by atoms with van der Waals surface area (Å²) < 4.78 is 40.8. The summed E-state index contributed by atoms with van der Waals surface area (Å²) in [5.41, 5.74) is 1.46. The highest BCUT2D eigenvalue weighted by Gasteiger charge is 2.34. The number of hydrogen-bond acceptors (Lipinski definition) is 4. The second-order valence-electron chi connectivity index (χ2n) is 6.04. The van der Waals surface area contributed by atoms with Crippen molar-refractivity contribution in [2.24, 2.45) is 0 Å². The van der Waals surface area contributed by atoms with Gasteiger partial charge < -0.3 is 9.64 Å². The number of hydrogen-bond donors (Lipinski definition) is 0. The Morgan fingerprint density at radius 1 is 1.07 bits per heavy atom. The van der Waals surface area contributed by atoms with Crippen LogP contribution in [-0.2, 0) is 6.42 Å². The number of amides is 1. The van der Waals surface area contributed by atoms with Crippen LogP contribution in [0.15, 0.2) is 53.2 Å². The minimum absolute atomic E-state index is 0.168. The van der Waals surface area contributed by atoms with Crippen LogP contribution in [0.2, 0.25) is 0 Å². The van der Waals surface area contributed by atoms with Crippen LogP contribution in [-0.4, -0.2) is 23.7 Å². The summed E-state index contributed by atoms with van der Waals surface area (Å²) in [4.78, 5) is 17.2. The van der Waals surface area contributed by atoms with Gasteiger partial charge >= 0.3 is 6.36 Å². The summed E-state index contributed by atoms with van der Waals surface area (Å²) in [7, 11) is 0. The molecule has 0 spiro atoms. The lowest BCUT2D eigenvalue weighted by Gasteiger charge is -2.35. The van der Waals surface area contributed by atoms with Gasteiger partial charge in [0.1, 0.15) is 5.75 Å². The van der Waals surface area contributed by atoms with Crippen LogP contribution in [0, 0.1) is 0 Å². The minimum atomic E-state index is -4.75. The summed E-state index contributed by atoms with van der Waals surface area (Å²) in [6.07, 6.45) is -3.98. The third kappa shape index (κ3) is 3.72. The molecule has 0 bridgehead atoms. The monoisotopic (exact) mass is 409 g/mol. The molecule has 1 atom stereocenters. The molecule has 0 radical (unpaired) electrons. The standard InChI is InChI=1S/C19H14F3NO2S2/c20-19(21,22)25-13-5-3-12(4-6-13)18(24)23-9-7-15-14(8-11-27-15)17(23)16-2-1-10-26-16/h1-6,8,10-11,17H,7,9H2. The first kappa shape index (κ1) is 18.1. The molecule has 0 aliphatic carbocycles. The molecule has 1 aliphatic rings. The van der Waals surface area contributed by atoms with Crippen molar-refractivity contribution in [3.8, 4) is 5.75 Å². The fourth-order valence-corrected chi connectivity index (χ4v) is 5.01. The van der Waals surface area contributed by atoms with Gasteiger partial charge in [0.25, 0.3) is 5.91 Å². The number of rotatable bonds is 3. The molecule has 3 heterocycles. The van der Waals surface area contributed by atoms with E-state index in [1.165, 1.54) is 29.1 Å². The fourth-order valence-electron chi connectivity index (χ4n) is 3.25. The number of fused-ring (bicyclic) bond motifs is 1. The molecule has 2 aromatic heterocycles. The molecule has 3 aromatic rings. The Hall–Kier alpha value is -2.32. The van der Waals surface area contributed by atoms with E-state index >= 15 is 0 Å². The van der Waals surface area contributed by atoms with Crippen molar-refractivity contribution in [3.05, 3.63) is 74.1 Å². The van der Waals surface area contributed by atoms with Gasteiger partial charge in [0.2, 0.25) is 0 Å². The summed E-state index contributed by atoms with van der Waals surface area (Å²) in [5, 5.41) is 4.00. The molecule has 0 saturated carbocycles. The van der Waals surface area contributed by atoms with Gasteiger partial charge in [-0.25, -0.2) is 0 Å². The maximum absolute atomic E-state index is 13.1. The van der Waals surface area contributed by atoms with E-state index in [4.69, 9.17) is 0 Å². The van der Waals surface area contributed by atoms with Gasteiger partial charge in [-0.15, -0.1) is 35.8 Å². The lowest BCUT2D eigenvalue weighted by molar-refractivity contribution is -0.274. The number of carbonyl (C=O) groups is 1. The van der Waals surface area contributed by atoms with E-state index in [1.807, 2.05) is 29.0 Å². The van der Waals surface area contributed by atoms with Crippen molar-refractivity contribution in [2.45, 2.75) is 18.8 Å². The van der Waals surface area contributed by atoms with E-state index in [-0.39, 0.29) is 17.7 Å². The zero-order valence-corrected chi connectivity index (χ0v) is 15.5. The molecule has 4 rings (SSSR count). The maximum atomic E-state index is 13.1. The van der Waals surface area contributed by atoms with Gasteiger partial charge in [0.15, 0.2) is 0 Å². The predicted molar refractivity (Wildman–Crippen MR) is 98.3 cm³/mol. The average Bonchev–Trinajstić information content (AvgIpc) is 3.31. The number of nitrogens with zero attached hydrogens (tertiary/aromatic N) is 1. The number of alkyl halides is 3. The first-order chi connectivity index (χ1) is 12.9. The zero-order valence-electron chi connectivity index (χ0n) is 13.9. The molecule has 140 valence electrons. The molecule has 1 aliphatic heterocycles. The summed E-state index contributed by atoms with van der Waals surface area (Å²) in [5.74, 6) is -0.545. The molecule has 3 nitrogen and oxygen atoms in total. The molecular formula is C19H14F3NO2S2. The highest BCUT2D eigenvalue weighted by atomic mass is 32.1. The molecule has 8 heteroatoms. The van der Waals surface area contributed by atoms with Crippen LogP contribution in [0.3, 0.4) is 0 Å². The highest BCUT2D eigenvalue weighted by Crippen LogP contribution is 2.40. The number of halogens is 3. The molecule has 27 heavy (non-hydrogen) atoms. The second kappa shape index (κ2) is 7.01. The van der Waals surface area contributed by atoms with E-state index < -0.39 is 6.36 Å². The normalized spacial score (nSPS) is 16.9. The van der Waals surface area contributed by atoms with Gasteiger partial charge in [0.05, 0.1) is 6.04 Å². The molecule has 0 saturated heterocycles. The average molecular weight is 409 g/mol. The molecule has 0 N–H and O–H groups in total. The van der Waals surface area contributed by atoms with Gasteiger partial charge in [-0.1, -0.05) is 6.07 Å². The topological polar surface area (TPSA) is 29.5 Å². The third-order valence-electron chi connectivity index (χ3n) is 4.37. The smallest absolute Gasteiger partial charge is 0.406 e. The van der Waals surface area contributed by atoms with Crippen molar-refractivity contribution >= 4 is 28.6 Å². The van der Waals surface area contributed by atoms with Crippen molar-refractivity contribution in [3.63, 3.8) is 0 Å². The van der Waals surface area contributed by atoms with Gasteiger partial charge in [-0.05, 0) is 59.1 Å². The maximum Gasteiger partial charge on any atom is 0.573 e. The van der Waals surface area contributed by atoms with Crippen LogP contribution < -0.4 is 4.74 Å². The predicted octanol–water partition coefficient (Wildman–Crippen LogP) is 5.50. The Bertz CT molecular complexity index is 933. The lowest BCUT2D eigenvalue weighted by Crippen LogP contribution is -2.39. The third-order valence-corrected chi connectivity index (χ3v) is 6.30. The first-order valence-electron chi connectivity index (χ1n) is 8.19. The minimum Gasteiger partial charge on any atom is -0.406 e. The van der Waals surface area contributed by atoms with Crippen LogP contribution >= 0.6 is 22.7 Å². The van der Waals surface area contributed by atoms with Crippen LogP contribution in [0.4, 0.5) is 13.2 Å². The Balaban J connectivity index is 1.63. The summed E-state index contributed by atoms with van der Waals surface area (Å²) >= 11 is 3.27. The van der Waals surface area contributed by atoms with E-state index in [0.717, 1.165) is 16.9 Å². The molecule has 1 unspecified atom stereocenters. The van der Waals surface area contributed by atoms with E-state index in [1.54, 1.807) is 27.6 Å². The Morgan fingerprint density at radius 3 is 2.52 bits per heavy atom. The Kier molecular flexibility index (Phi) is 4.69. The van der Waals surface area contributed by atoms with E-state index in [2.05, 4.69) is 4.74 Å². The number of carbonyl (C=O) groups excluding carboxylic acids is 1. The Morgan fingerprint density at radius 2 is 1.85 bits per heavy atom. The van der Waals surface area contributed by atoms with E-state index in [0.29, 0.717) is 12.1 Å². The first-order valence-corrected chi connectivity index (χ1v) is 9.95. The van der Waals surface area contributed by atoms with Gasteiger partial charge in [-0.2, -0.15) is 0 Å². The zero-order chi connectivity index (χ0) is 19.0. The van der Waals surface area contributed by atoms with E-state index in [9.17, 15) is 18.0 Å². The van der Waals surface area contributed by atoms with Crippen molar-refractivity contribution in [2.75, 3.05) is 6.54 Å². The van der Waals surface area contributed by atoms with Gasteiger partial charge in [-0.3, -0.25) is 4.79 Å². The van der Waals surface area contributed by atoms with Crippen LogP contribution in [0.1, 0.15) is 31.7 Å². The number of benzene rings is 1. The Labute approximate surface area is 161 Å². The number of ether oxygens (including phenoxy) is 1. The van der Waals surface area contributed by atoms with Crippen LogP contribution in [0.25, 0.3) is 0 Å². The molecular weight excluding hydrogens is 395 g/mol. The van der Waals surface area contributed by atoms with Crippen molar-refractivity contribution < 1.29 is 22.7 Å². The fraction of sp³-hybridized carbons (Fsp3) is 0.211. The largest absolute Gasteiger partial charge is 0.573 e. The summed E-state index contributed by atoms with van der Waals surface area (Å²) in [6.45, 7) is 0.565.